The summed E-state index contributed by atoms with van der Waals surface area (Å²) in [6.07, 6.45) is 0. The zero-order valence-corrected chi connectivity index (χ0v) is 17.0. The van der Waals surface area contributed by atoms with Crippen LogP contribution in [0.1, 0.15) is 49.7 Å². The third kappa shape index (κ3) is 5.18. The lowest BCUT2D eigenvalue weighted by Gasteiger charge is -2.13. The van der Waals surface area contributed by atoms with E-state index in [1.807, 2.05) is 43.5 Å². The molecular weight excluding hydrogens is 386 g/mol. The van der Waals surface area contributed by atoms with Gasteiger partial charge in [0.15, 0.2) is 12.4 Å². The molecule has 1 aromatic heterocycles. The zero-order chi connectivity index (χ0) is 20.8. The fraction of sp³-hybridized carbons (Fsp3) is 0.174. The normalized spacial score (nSPS) is 11.5. The first kappa shape index (κ1) is 20.5. The number of nitrogens with one attached hydrogen (secondary N) is 1. The van der Waals surface area contributed by atoms with Gasteiger partial charge >= 0.3 is 5.97 Å². The van der Waals surface area contributed by atoms with Gasteiger partial charge < -0.3 is 10.1 Å². The van der Waals surface area contributed by atoms with Crippen molar-refractivity contribution in [3.05, 3.63) is 93.2 Å². The Kier molecular flexibility index (Phi) is 6.57. The minimum absolute atomic E-state index is 0.136. The molecule has 1 N–H and O–H groups in total. The maximum atomic E-state index is 12.8. The summed E-state index contributed by atoms with van der Waals surface area (Å²) < 4.78 is 5.15. The predicted octanol–water partition coefficient (Wildman–Crippen LogP) is 4.32. The summed E-state index contributed by atoms with van der Waals surface area (Å²) in [5.41, 5.74) is 1.90. The lowest BCUT2D eigenvalue weighted by Crippen LogP contribution is -2.31. The molecule has 2 aromatic carbocycles. The number of thiophene rings is 1. The van der Waals surface area contributed by atoms with Gasteiger partial charge in [-0.15, -0.1) is 11.3 Å². The molecule has 0 fully saturated rings. The lowest BCUT2D eigenvalue weighted by atomic mass is 9.98. The molecule has 3 aromatic rings. The van der Waals surface area contributed by atoms with Gasteiger partial charge in [-0.3, -0.25) is 9.59 Å². The van der Waals surface area contributed by atoms with Crippen LogP contribution in [0.3, 0.4) is 0 Å². The highest BCUT2D eigenvalue weighted by Gasteiger charge is 2.20. The van der Waals surface area contributed by atoms with E-state index >= 15 is 0 Å². The highest BCUT2D eigenvalue weighted by atomic mass is 32.1. The van der Waals surface area contributed by atoms with Crippen molar-refractivity contribution in [1.29, 1.82) is 0 Å². The number of ketones is 1. The van der Waals surface area contributed by atoms with Crippen LogP contribution in [-0.4, -0.2) is 24.3 Å². The maximum Gasteiger partial charge on any atom is 0.339 e. The quantitative estimate of drug-likeness (QED) is 0.468. The first-order valence-electron chi connectivity index (χ1n) is 9.16. The van der Waals surface area contributed by atoms with E-state index < -0.39 is 18.5 Å². The topological polar surface area (TPSA) is 72.5 Å². The molecule has 0 unspecified atom stereocenters. The van der Waals surface area contributed by atoms with Gasteiger partial charge in [0.2, 0.25) is 0 Å². The number of carbonyl (C=O) groups excluding carboxylic acids is 3. The molecule has 0 aliphatic carbocycles. The summed E-state index contributed by atoms with van der Waals surface area (Å²) in [4.78, 5) is 38.5. The van der Waals surface area contributed by atoms with Crippen molar-refractivity contribution in [2.45, 2.75) is 19.9 Å². The third-order valence-electron chi connectivity index (χ3n) is 4.39. The summed E-state index contributed by atoms with van der Waals surface area (Å²) in [5.74, 6) is -1.38. The second-order valence-corrected chi connectivity index (χ2v) is 7.60. The molecule has 0 spiro atoms. The Labute approximate surface area is 173 Å². The average molecular weight is 407 g/mol. The van der Waals surface area contributed by atoms with Gasteiger partial charge in [0, 0.05) is 16.0 Å². The molecule has 0 aliphatic heterocycles. The summed E-state index contributed by atoms with van der Waals surface area (Å²) in [6.45, 7) is 3.38. The van der Waals surface area contributed by atoms with E-state index in [4.69, 9.17) is 4.74 Å². The van der Waals surface area contributed by atoms with Crippen LogP contribution in [0, 0.1) is 6.92 Å². The standard InChI is InChI=1S/C23H21NO4S/c1-15-9-11-17(12-10-15)22(26)18-6-3-4-7-19(18)23(27)28-14-21(25)24-16(2)20-8-5-13-29-20/h3-13,16H,14H2,1-2H3,(H,24,25)/t16-/m0/s1. The van der Waals surface area contributed by atoms with E-state index in [0.29, 0.717) is 5.56 Å². The predicted molar refractivity (Wildman–Crippen MR) is 112 cm³/mol. The van der Waals surface area contributed by atoms with Crippen molar-refractivity contribution in [2.75, 3.05) is 6.61 Å². The van der Waals surface area contributed by atoms with Gasteiger partial charge in [-0.2, -0.15) is 0 Å². The Bertz CT molecular complexity index is 1010. The Morgan fingerprint density at radius 3 is 2.31 bits per heavy atom. The molecule has 29 heavy (non-hydrogen) atoms. The van der Waals surface area contributed by atoms with Gasteiger partial charge in [-0.25, -0.2) is 4.79 Å². The van der Waals surface area contributed by atoms with Crippen LogP contribution in [0.4, 0.5) is 0 Å². The van der Waals surface area contributed by atoms with E-state index in [9.17, 15) is 14.4 Å². The molecule has 1 amide bonds. The smallest absolute Gasteiger partial charge is 0.339 e. The number of benzene rings is 2. The van der Waals surface area contributed by atoms with Gasteiger partial charge in [-0.05, 0) is 31.4 Å². The second kappa shape index (κ2) is 9.30. The zero-order valence-electron chi connectivity index (χ0n) is 16.2. The van der Waals surface area contributed by atoms with E-state index in [2.05, 4.69) is 5.32 Å². The van der Waals surface area contributed by atoms with Crippen LogP contribution in [0.5, 0.6) is 0 Å². The molecule has 1 atom stereocenters. The molecule has 0 aliphatic rings. The first-order valence-corrected chi connectivity index (χ1v) is 10.0. The van der Waals surface area contributed by atoms with Gasteiger partial charge in [-0.1, -0.05) is 54.1 Å². The number of hydrogen-bond donors (Lipinski definition) is 1. The van der Waals surface area contributed by atoms with Gasteiger partial charge in [0.1, 0.15) is 0 Å². The summed E-state index contributed by atoms with van der Waals surface area (Å²) in [7, 11) is 0. The van der Waals surface area contributed by atoms with Crippen molar-refractivity contribution >= 4 is 29.0 Å². The SMILES string of the molecule is Cc1ccc(C(=O)c2ccccc2C(=O)OCC(=O)N[C@@H](C)c2cccs2)cc1. The first-order chi connectivity index (χ1) is 14.0. The second-order valence-electron chi connectivity index (χ2n) is 6.62. The van der Waals surface area contributed by atoms with E-state index in [-0.39, 0.29) is 23.0 Å². The number of esters is 1. The highest BCUT2D eigenvalue weighted by molar-refractivity contribution is 7.10. The van der Waals surface area contributed by atoms with Crippen LogP contribution in [0.15, 0.2) is 66.0 Å². The molecule has 0 saturated carbocycles. The van der Waals surface area contributed by atoms with Crippen LogP contribution in [-0.2, 0) is 9.53 Å². The maximum absolute atomic E-state index is 12.8. The molecule has 6 heteroatoms. The summed E-state index contributed by atoms with van der Waals surface area (Å²) in [5, 5.41) is 4.72. The Morgan fingerprint density at radius 2 is 1.66 bits per heavy atom. The van der Waals surface area contributed by atoms with Crippen LogP contribution < -0.4 is 5.32 Å². The number of ether oxygens (including phenoxy) is 1. The fourth-order valence-electron chi connectivity index (χ4n) is 2.82. The minimum Gasteiger partial charge on any atom is -0.452 e. The fourth-order valence-corrected chi connectivity index (χ4v) is 3.55. The highest BCUT2D eigenvalue weighted by Crippen LogP contribution is 2.18. The van der Waals surface area contributed by atoms with Gasteiger partial charge in [0.05, 0.1) is 11.6 Å². The number of carbonyl (C=O) groups is 3. The van der Waals surface area contributed by atoms with Crippen molar-refractivity contribution in [2.24, 2.45) is 0 Å². The monoisotopic (exact) mass is 407 g/mol. The van der Waals surface area contributed by atoms with E-state index in [1.54, 1.807) is 30.3 Å². The number of aryl methyl sites for hydroxylation is 1. The van der Waals surface area contributed by atoms with Crippen molar-refractivity contribution in [3.8, 4) is 0 Å². The van der Waals surface area contributed by atoms with E-state index in [0.717, 1.165) is 10.4 Å². The largest absolute Gasteiger partial charge is 0.452 e. The molecule has 0 radical (unpaired) electrons. The summed E-state index contributed by atoms with van der Waals surface area (Å²) >= 11 is 1.54. The lowest BCUT2D eigenvalue weighted by molar-refractivity contribution is -0.124. The number of rotatable bonds is 7. The molecular formula is C23H21NO4S. The minimum atomic E-state index is -0.708. The molecule has 1 heterocycles. The Hall–Kier alpha value is -3.25. The number of hydrogen-bond acceptors (Lipinski definition) is 5. The molecule has 0 bridgehead atoms. The molecule has 0 saturated heterocycles. The Morgan fingerprint density at radius 1 is 0.966 bits per heavy atom. The van der Waals surface area contributed by atoms with Crippen LogP contribution in [0.25, 0.3) is 0 Å². The third-order valence-corrected chi connectivity index (χ3v) is 5.44. The van der Waals surface area contributed by atoms with Crippen LogP contribution in [0.2, 0.25) is 0 Å². The summed E-state index contributed by atoms with van der Waals surface area (Å²) in [6, 6.07) is 17.2. The van der Waals surface area contributed by atoms with Crippen molar-refractivity contribution < 1.29 is 19.1 Å². The van der Waals surface area contributed by atoms with Crippen LogP contribution >= 0.6 is 11.3 Å². The van der Waals surface area contributed by atoms with E-state index in [1.165, 1.54) is 17.4 Å². The Balaban J connectivity index is 1.66. The van der Waals surface area contributed by atoms with Gasteiger partial charge in [0.25, 0.3) is 5.91 Å². The van der Waals surface area contributed by atoms with Crippen molar-refractivity contribution in [1.82, 2.24) is 5.32 Å². The number of amides is 1. The van der Waals surface area contributed by atoms with Crippen molar-refractivity contribution in [3.63, 3.8) is 0 Å². The molecule has 148 valence electrons. The molecule has 3 rings (SSSR count). The molecule has 5 nitrogen and oxygen atoms in total. The average Bonchev–Trinajstić information content (AvgIpc) is 3.27.